The van der Waals surface area contributed by atoms with E-state index in [-0.39, 0.29) is 5.91 Å². The number of hydrogen-bond acceptors (Lipinski definition) is 5. The molecule has 3 heterocycles. The van der Waals surface area contributed by atoms with Crippen LogP contribution in [0, 0.1) is 0 Å². The molecule has 3 aromatic rings. The minimum absolute atomic E-state index is 0.0326. The molecule has 7 nitrogen and oxygen atoms in total. The van der Waals surface area contributed by atoms with E-state index in [2.05, 4.69) is 53.2 Å². The minimum atomic E-state index is -0.0326. The van der Waals surface area contributed by atoms with Crippen molar-refractivity contribution < 1.29 is 9.53 Å². The molecule has 2 aromatic heterocycles. The molecule has 0 bridgehead atoms. The maximum atomic E-state index is 13.1. The second-order valence-corrected chi connectivity index (χ2v) is 7.53. The Hall–Kier alpha value is -3.19. The van der Waals surface area contributed by atoms with E-state index in [9.17, 15) is 4.79 Å². The van der Waals surface area contributed by atoms with Gasteiger partial charge in [0.15, 0.2) is 5.69 Å². The maximum absolute atomic E-state index is 13.1. The highest BCUT2D eigenvalue weighted by molar-refractivity contribution is 5.93. The third-order valence-electron chi connectivity index (χ3n) is 5.55. The van der Waals surface area contributed by atoms with Gasteiger partial charge in [0.05, 0.1) is 24.7 Å². The Morgan fingerprint density at radius 3 is 2.40 bits per heavy atom. The lowest BCUT2D eigenvalue weighted by Gasteiger charge is -2.31. The van der Waals surface area contributed by atoms with Crippen LogP contribution in [0.2, 0.25) is 0 Å². The zero-order valence-corrected chi connectivity index (χ0v) is 17.7. The Balaban J connectivity index is 1.73. The van der Waals surface area contributed by atoms with Crippen molar-refractivity contribution in [2.45, 2.75) is 13.3 Å². The molecule has 0 saturated carbocycles. The molecule has 0 unspecified atom stereocenters. The summed E-state index contributed by atoms with van der Waals surface area (Å²) in [6.45, 7) is 5.31. The zero-order chi connectivity index (χ0) is 21.1. The predicted molar refractivity (Wildman–Crippen MR) is 116 cm³/mol. The van der Waals surface area contributed by atoms with Gasteiger partial charge >= 0.3 is 0 Å². The van der Waals surface area contributed by atoms with Crippen LogP contribution in [0.3, 0.4) is 0 Å². The fourth-order valence-corrected chi connectivity index (χ4v) is 3.59. The summed E-state index contributed by atoms with van der Waals surface area (Å²) >= 11 is 0. The first kappa shape index (κ1) is 20.1. The van der Waals surface area contributed by atoms with Gasteiger partial charge in [0.2, 0.25) is 5.88 Å². The highest BCUT2D eigenvalue weighted by atomic mass is 16.5. The molecular weight excluding hydrogens is 378 g/mol. The monoisotopic (exact) mass is 405 g/mol. The number of carbonyl (C=O) groups is 1. The highest BCUT2D eigenvalue weighted by Gasteiger charge is 2.24. The standard InChI is InChI=1S/C23H27N5O2/c1-4-17-5-7-18(8-6-17)21-15-20(23(29)27-13-11-26(2)12-14-27)25-28(21)19-9-10-22(30-3)24-16-19/h5-10,15-16H,4,11-14H2,1-3H3. The van der Waals surface area contributed by atoms with Crippen LogP contribution in [0.25, 0.3) is 16.9 Å². The third kappa shape index (κ3) is 4.07. The molecule has 1 aliphatic rings. The number of carbonyl (C=O) groups excluding carboxylic acids is 1. The molecule has 1 fully saturated rings. The van der Waals surface area contributed by atoms with Gasteiger partial charge in [-0.15, -0.1) is 0 Å². The fraction of sp³-hybridized carbons (Fsp3) is 0.348. The average Bonchev–Trinajstić information content (AvgIpc) is 3.24. The maximum Gasteiger partial charge on any atom is 0.274 e. The Kier molecular flexibility index (Phi) is 5.81. The number of piperazine rings is 1. The van der Waals surface area contributed by atoms with Crippen molar-refractivity contribution in [2.24, 2.45) is 0 Å². The molecule has 7 heteroatoms. The normalized spacial score (nSPS) is 14.7. The van der Waals surface area contributed by atoms with E-state index in [0.29, 0.717) is 24.7 Å². The van der Waals surface area contributed by atoms with Crippen molar-refractivity contribution in [3.8, 4) is 22.8 Å². The van der Waals surface area contributed by atoms with Crippen molar-refractivity contribution >= 4 is 5.91 Å². The summed E-state index contributed by atoms with van der Waals surface area (Å²) in [4.78, 5) is 21.5. The summed E-state index contributed by atoms with van der Waals surface area (Å²) < 4.78 is 6.96. The highest BCUT2D eigenvalue weighted by Crippen LogP contribution is 2.26. The van der Waals surface area contributed by atoms with Crippen LogP contribution < -0.4 is 4.74 Å². The van der Waals surface area contributed by atoms with Crippen LogP contribution in [-0.4, -0.2) is 70.8 Å². The van der Waals surface area contributed by atoms with Crippen LogP contribution in [0.1, 0.15) is 23.0 Å². The number of aromatic nitrogens is 3. The Morgan fingerprint density at radius 2 is 1.80 bits per heavy atom. The smallest absolute Gasteiger partial charge is 0.274 e. The second-order valence-electron chi connectivity index (χ2n) is 7.53. The molecule has 156 valence electrons. The third-order valence-corrected chi connectivity index (χ3v) is 5.55. The molecule has 4 rings (SSSR count). The van der Waals surface area contributed by atoms with E-state index in [1.807, 2.05) is 17.0 Å². The number of pyridine rings is 1. The van der Waals surface area contributed by atoms with Gasteiger partial charge in [-0.05, 0) is 31.2 Å². The van der Waals surface area contributed by atoms with Gasteiger partial charge in [0.1, 0.15) is 0 Å². The number of aryl methyl sites for hydroxylation is 1. The van der Waals surface area contributed by atoms with Gasteiger partial charge in [-0.3, -0.25) is 4.79 Å². The number of nitrogens with zero attached hydrogens (tertiary/aromatic N) is 5. The van der Waals surface area contributed by atoms with Crippen molar-refractivity contribution in [3.05, 3.63) is 59.9 Å². The molecule has 1 aliphatic heterocycles. The summed E-state index contributed by atoms with van der Waals surface area (Å²) in [6.07, 6.45) is 2.69. The first-order valence-corrected chi connectivity index (χ1v) is 10.3. The van der Waals surface area contributed by atoms with Gasteiger partial charge in [-0.25, -0.2) is 9.67 Å². The predicted octanol–water partition coefficient (Wildman–Crippen LogP) is 2.89. The van der Waals surface area contributed by atoms with Crippen molar-refractivity contribution in [3.63, 3.8) is 0 Å². The fourth-order valence-electron chi connectivity index (χ4n) is 3.59. The first-order valence-electron chi connectivity index (χ1n) is 10.3. The molecule has 1 amide bonds. The summed E-state index contributed by atoms with van der Waals surface area (Å²) in [5.41, 5.74) is 4.37. The van der Waals surface area contributed by atoms with Gasteiger partial charge in [0, 0.05) is 37.8 Å². The molecular formula is C23H27N5O2. The van der Waals surface area contributed by atoms with Crippen molar-refractivity contribution in [1.82, 2.24) is 24.6 Å². The number of benzene rings is 1. The van der Waals surface area contributed by atoms with E-state index >= 15 is 0 Å². The van der Waals surface area contributed by atoms with Crippen LogP contribution in [-0.2, 0) is 6.42 Å². The summed E-state index contributed by atoms with van der Waals surface area (Å²) in [5, 5.41) is 4.68. The summed E-state index contributed by atoms with van der Waals surface area (Å²) in [5.74, 6) is 0.503. The Bertz CT molecular complexity index is 938. The van der Waals surface area contributed by atoms with Gasteiger partial charge in [-0.2, -0.15) is 5.10 Å². The molecule has 0 radical (unpaired) electrons. The lowest BCUT2D eigenvalue weighted by molar-refractivity contribution is 0.0657. The molecule has 0 spiro atoms. The molecule has 30 heavy (non-hydrogen) atoms. The molecule has 0 aliphatic carbocycles. The van der Waals surface area contributed by atoms with Crippen LogP contribution in [0.15, 0.2) is 48.7 Å². The summed E-state index contributed by atoms with van der Waals surface area (Å²) in [7, 11) is 3.66. The summed E-state index contributed by atoms with van der Waals surface area (Å²) in [6, 6.07) is 13.9. The number of ether oxygens (including phenoxy) is 1. The van der Waals surface area contributed by atoms with Crippen molar-refractivity contribution in [2.75, 3.05) is 40.3 Å². The lowest BCUT2D eigenvalue weighted by Crippen LogP contribution is -2.47. The van der Waals surface area contributed by atoms with Crippen LogP contribution in [0.4, 0.5) is 0 Å². The molecule has 0 N–H and O–H groups in total. The van der Waals surface area contributed by atoms with E-state index in [1.165, 1.54) is 5.56 Å². The van der Waals surface area contributed by atoms with Gasteiger partial charge in [0.25, 0.3) is 5.91 Å². The van der Waals surface area contributed by atoms with Gasteiger partial charge in [-0.1, -0.05) is 31.2 Å². The van der Waals surface area contributed by atoms with E-state index < -0.39 is 0 Å². The Morgan fingerprint density at radius 1 is 1.07 bits per heavy atom. The number of likely N-dealkylation sites (N-methyl/N-ethyl adjacent to an activating group) is 1. The number of amides is 1. The topological polar surface area (TPSA) is 63.5 Å². The number of rotatable bonds is 5. The first-order chi connectivity index (χ1) is 14.6. The van der Waals surface area contributed by atoms with E-state index in [4.69, 9.17) is 4.74 Å². The quantitative estimate of drug-likeness (QED) is 0.653. The van der Waals surface area contributed by atoms with E-state index in [1.54, 1.807) is 24.1 Å². The second kappa shape index (κ2) is 8.67. The van der Waals surface area contributed by atoms with Gasteiger partial charge < -0.3 is 14.5 Å². The van der Waals surface area contributed by atoms with Crippen LogP contribution >= 0.6 is 0 Å². The Labute approximate surface area is 176 Å². The minimum Gasteiger partial charge on any atom is -0.481 e. The molecule has 1 aromatic carbocycles. The lowest BCUT2D eigenvalue weighted by atomic mass is 10.1. The molecule has 0 atom stereocenters. The average molecular weight is 406 g/mol. The zero-order valence-electron chi connectivity index (χ0n) is 17.7. The largest absolute Gasteiger partial charge is 0.481 e. The van der Waals surface area contributed by atoms with Crippen LogP contribution in [0.5, 0.6) is 5.88 Å². The number of methoxy groups -OCH3 is 1. The van der Waals surface area contributed by atoms with Crippen molar-refractivity contribution in [1.29, 1.82) is 0 Å². The molecule has 1 saturated heterocycles. The van der Waals surface area contributed by atoms with E-state index in [0.717, 1.165) is 36.5 Å². The SMILES string of the molecule is CCc1ccc(-c2cc(C(=O)N3CCN(C)CC3)nn2-c2ccc(OC)nc2)cc1. The number of hydrogen-bond donors (Lipinski definition) is 0.